The predicted octanol–water partition coefficient (Wildman–Crippen LogP) is 4.60. The Hall–Kier alpha value is -3.26. The van der Waals surface area contributed by atoms with Crippen molar-refractivity contribution in [3.05, 3.63) is 64.2 Å². The van der Waals surface area contributed by atoms with Gasteiger partial charge in [-0.3, -0.25) is 24.6 Å². The molecule has 35 heavy (non-hydrogen) atoms. The van der Waals surface area contributed by atoms with Gasteiger partial charge in [-0.05, 0) is 55.7 Å². The number of nitro groups is 1. The highest BCUT2D eigenvalue weighted by molar-refractivity contribution is 6.22. The lowest BCUT2D eigenvalue weighted by Gasteiger charge is -2.32. The Morgan fingerprint density at radius 1 is 0.971 bits per heavy atom. The maximum Gasteiger partial charge on any atom is 0.294 e. The highest BCUT2D eigenvalue weighted by Crippen LogP contribution is 2.43. The second kappa shape index (κ2) is 9.77. The van der Waals surface area contributed by atoms with Crippen LogP contribution in [0.15, 0.2) is 48.5 Å². The third-order valence-corrected chi connectivity index (χ3v) is 7.82. The van der Waals surface area contributed by atoms with Gasteiger partial charge >= 0.3 is 0 Å². The van der Waals surface area contributed by atoms with Gasteiger partial charge in [-0.1, -0.05) is 37.3 Å². The van der Waals surface area contributed by atoms with Gasteiger partial charge in [0.2, 0.25) is 11.8 Å². The Morgan fingerprint density at radius 2 is 1.69 bits per heavy atom. The van der Waals surface area contributed by atoms with Crippen LogP contribution in [0.25, 0.3) is 0 Å². The smallest absolute Gasteiger partial charge is 0.294 e. The summed E-state index contributed by atoms with van der Waals surface area (Å²) in [4.78, 5) is 41.1. The normalized spacial score (nSPS) is 25.5. The van der Waals surface area contributed by atoms with Crippen LogP contribution in [0.1, 0.15) is 44.6 Å². The lowest BCUT2D eigenvalue weighted by molar-refractivity contribution is -0.383. The summed E-state index contributed by atoms with van der Waals surface area (Å²) in [6.45, 7) is 4.84. The molecule has 8 nitrogen and oxygen atoms in total. The molecule has 2 aliphatic heterocycles. The molecule has 0 bridgehead atoms. The van der Waals surface area contributed by atoms with E-state index in [1.54, 1.807) is 12.1 Å². The fourth-order valence-electron chi connectivity index (χ4n) is 5.87. The number of nitro benzene ring substituents is 1. The highest BCUT2D eigenvalue weighted by atomic mass is 16.6. The molecule has 3 aliphatic rings. The standard InChI is InChI=1S/C27H32N4O4/c1-18-7-9-22-23(15-18)27(33)30(26(22)32)21-8-10-24(25(16-21)31(34)35)28-20-11-13-29(14-12-20)17-19-5-3-2-4-6-19/h2-6,8,10,16,18,20,22-23,28H,7,9,11-15,17H2,1H3/t18-,22+,23-/m1/s1. The van der Waals surface area contributed by atoms with Crippen LogP contribution in [0.2, 0.25) is 0 Å². The number of likely N-dealkylation sites (tertiary alicyclic amines) is 1. The molecule has 2 aromatic rings. The van der Waals surface area contributed by atoms with Gasteiger partial charge < -0.3 is 5.32 Å². The number of fused-ring (bicyclic) bond motifs is 1. The van der Waals surface area contributed by atoms with Crippen LogP contribution in [0.5, 0.6) is 0 Å². The third-order valence-electron chi connectivity index (χ3n) is 7.82. The first-order valence-corrected chi connectivity index (χ1v) is 12.6. The van der Waals surface area contributed by atoms with Crippen LogP contribution in [0, 0.1) is 27.9 Å². The monoisotopic (exact) mass is 476 g/mol. The number of piperidine rings is 1. The number of benzene rings is 2. The summed E-state index contributed by atoms with van der Waals surface area (Å²) in [6.07, 6.45) is 4.11. The van der Waals surface area contributed by atoms with Crippen molar-refractivity contribution in [1.82, 2.24) is 4.90 Å². The molecule has 184 valence electrons. The maximum absolute atomic E-state index is 13.1. The van der Waals surface area contributed by atoms with E-state index in [2.05, 4.69) is 29.3 Å². The van der Waals surface area contributed by atoms with E-state index in [1.165, 1.54) is 16.5 Å². The van der Waals surface area contributed by atoms with Gasteiger partial charge in [-0.15, -0.1) is 0 Å². The lowest BCUT2D eigenvalue weighted by Crippen LogP contribution is -2.38. The average molecular weight is 477 g/mol. The van der Waals surface area contributed by atoms with Crippen molar-refractivity contribution in [3.63, 3.8) is 0 Å². The number of hydrogen-bond acceptors (Lipinski definition) is 6. The van der Waals surface area contributed by atoms with Gasteiger partial charge in [0, 0.05) is 31.7 Å². The largest absolute Gasteiger partial charge is 0.377 e. The molecule has 2 aromatic carbocycles. The van der Waals surface area contributed by atoms with Crippen molar-refractivity contribution in [1.29, 1.82) is 0 Å². The molecule has 0 aromatic heterocycles. The van der Waals surface area contributed by atoms with Gasteiger partial charge in [0.25, 0.3) is 5.69 Å². The van der Waals surface area contributed by atoms with Crippen molar-refractivity contribution in [2.45, 2.75) is 51.6 Å². The first kappa shape index (κ1) is 23.5. The van der Waals surface area contributed by atoms with Gasteiger partial charge in [0.15, 0.2) is 0 Å². The van der Waals surface area contributed by atoms with Crippen LogP contribution in [-0.4, -0.2) is 40.8 Å². The SMILES string of the molecule is C[C@@H]1CC[C@@H]2C(=O)N(c3ccc(NC4CCN(Cc5ccccc5)CC4)c([N+](=O)[O-])c3)C(=O)[C@@H]2C1. The summed E-state index contributed by atoms with van der Waals surface area (Å²) in [7, 11) is 0. The number of carbonyl (C=O) groups excluding carboxylic acids is 2. The first-order valence-electron chi connectivity index (χ1n) is 12.6. The summed E-state index contributed by atoms with van der Waals surface area (Å²) in [5, 5.41) is 15.3. The molecule has 1 saturated carbocycles. The molecule has 8 heteroatoms. The zero-order valence-corrected chi connectivity index (χ0v) is 20.1. The summed E-state index contributed by atoms with van der Waals surface area (Å²) in [5.41, 5.74) is 1.92. The summed E-state index contributed by atoms with van der Waals surface area (Å²) < 4.78 is 0. The predicted molar refractivity (Wildman–Crippen MR) is 134 cm³/mol. The Morgan fingerprint density at radius 3 is 2.40 bits per heavy atom. The quantitative estimate of drug-likeness (QED) is 0.372. The zero-order valence-electron chi connectivity index (χ0n) is 20.1. The first-order chi connectivity index (χ1) is 16.9. The molecule has 3 fully saturated rings. The van der Waals surface area contributed by atoms with Crippen molar-refractivity contribution in [3.8, 4) is 0 Å². The van der Waals surface area contributed by atoms with E-state index < -0.39 is 4.92 Å². The Kier molecular flexibility index (Phi) is 6.56. The van der Waals surface area contributed by atoms with Crippen molar-refractivity contribution >= 4 is 28.9 Å². The second-order valence-electron chi connectivity index (χ2n) is 10.3. The number of amides is 2. The zero-order chi connectivity index (χ0) is 24.5. The average Bonchev–Trinajstić information content (AvgIpc) is 3.10. The fourth-order valence-corrected chi connectivity index (χ4v) is 5.87. The minimum atomic E-state index is -0.434. The van der Waals surface area contributed by atoms with Gasteiger partial charge in [0.1, 0.15) is 5.69 Å². The lowest BCUT2D eigenvalue weighted by atomic mass is 9.76. The molecule has 2 amide bonds. The number of carbonyl (C=O) groups is 2. The fraction of sp³-hybridized carbons (Fsp3) is 0.481. The molecule has 2 saturated heterocycles. The molecular formula is C27H32N4O4. The van der Waals surface area contributed by atoms with E-state index in [0.29, 0.717) is 30.1 Å². The summed E-state index contributed by atoms with van der Waals surface area (Å²) >= 11 is 0. The highest BCUT2D eigenvalue weighted by Gasteiger charge is 2.50. The van der Waals surface area contributed by atoms with Crippen molar-refractivity contribution < 1.29 is 14.5 Å². The van der Waals surface area contributed by atoms with E-state index in [4.69, 9.17) is 0 Å². The van der Waals surface area contributed by atoms with E-state index in [-0.39, 0.29) is 35.4 Å². The van der Waals surface area contributed by atoms with Crippen LogP contribution in [-0.2, 0) is 16.1 Å². The minimum absolute atomic E-state index is 0.0990. The third kappa shape index (κ3) is 4.80. The van der Waals surface area contributed by atoms with Crippen LogP contribution < -0.4 is 10.2 Å². The number of nitrogens with zero attached hydrogens (tertiary/aromatic N) is 3. The Bertz CT molecular complexity index is 1110. The molecule has 5 rings (SSSR count). The maximum atomic E-state index is 13.1. The van der Waals surface area contributed by atoms with Crippen LogP contribution in [0.4, 0.5) is 17.1 Å². The van der Waals surface area contributed by atoms with Crippen molar-refractivity contribution in [2.24, 2.45) is 17.8 Å². The second-order valence-corrected chi connectivity index (χ2v) is 10.3. The Labute approximate surface area is 205 Å². The molecule has 1 aliphatic carbocycles. The molecule has 3 atom stereocenters. The summed E-state index contributed by atoms with van der Waals surface area (Å²) in [6, 6.07) is 15.2. The minimum Gasteiger partial charge on any atom is -0.377 e. The molecule has 0 spiro atoms. The summed E-state index contributed by atoms with van der Waals surface area (Å²) in [5.74, 6) is -0.617. The Balaban J connectivity index is 1.27. The number of imide groups is 1. The van der Waals surface area contributed by atoms with Gasteiger partial charge in [-0.2, -0.15) is 0 Å². The molecular weight excluding hydrogens is 444 g/mol. The van der Waals surface area contributed by atoms with Gasteiger partial charge in [0.05, 0.1) is 22.4 Å². The van der Waals surface area contributed by atoms with E-state index in [9.17, 15) is 19.7 Å². The van der Waals surface area contributed by atoms with E-state index in [1.807, 2.05) is 18.2 Å². The number of anilines is 2. The number of nitrogens with one attached hydrogen (secondary N) is 1. The molecule has 2 heterocycles. The van der Waals surface area contributed by atoms with Gasteiger partial charge in [-0.25, -0.2) is 4.90 Å². The van der Waals surface area contributed by atoms with E-state index in [0.717, 1.165) is 38.9 Å². The van der Waals surface area contributed by atoms with E-state index >= 15 is 0 Å². The van der Waals surface area contributed by atoms with Crippen LogP contribution in [0.3, 0.4) is 0 Å². The molecule has 0 radical (unpaired) electrons. The topological polar surface area (TPSA) is 95.8 Å². The number of hydrogen-bond donors (Lipinski definition) is 1. The van der Waals surface area contributed by atoms with Crippen molar-refractivity contribution in [2.75, 3.05) is 23.3 Å². The van der Waals surface area contributed by atoms with Crippen LogP contribution >= 0.6 is 0 Å². The molecule has 1 N–H and O–H groups in total. The molecule has 0 unspecified atom stereocenters. The number of rotatable bonds is 6.